The zero-order valence-electron chi connectivity index (χ0n) is 13.0. The van der Waals surface area contributed by atoms with Gasteiger partial charge >= 0.3 is 0 Å². The van der Waals surface area contributed by atoms with Gasteiger partial charge in [0, 0.05) is 19.4 Å². The number of hydrogen-bond donors (Lipinski definition) is 1. The Morgan fingerprint density at radius 2 is 1.78 bits per heavy atom. The summed E-state index contributed by atoms with van der Waals surface area (Å²) < 4.78 is 23.9. The zero-order valence-corrected chi connectivity index (χ0v) is 13.8. The van der Waals surface area contributed by atoms with Gasteiger partial charge in [-0.1, -0.05) is 12.1 Å². The molecule has 0 aliphatic rings. The van der Waals surface area contributed by atoms with Crippen LogP contribution >= 0.6 is 0 Å². The molecule has 0 aliphatic carbocycles. The van der Waals surface area contributed by atoms with Crippen LogP contribution in [-0.2, 0) is 16.9 Å². The summed E-state index contributed by atoms with van der Waals surface area (Å²) in [5, 5.41) is 6.63. The van der Waals surface area contributed by atoms with E-state index in [0.717, 1.165) is 16.5 Å². The molecule has 0 aliphatic heterocycles. The molecule has 23 heavy (non-hydrogen) atoms. The smallest absolute Gasteiger partial charge is 0.272 e. The number of carbonyl (C=O) groups excluding carboxylic acids is 1. The maximum absolute atomic E-state index is 12.1. The van der Waals surface area contributed by atoms with E-state index in [4.69, 9.17) is 0 Å². The van der Waals surface area contributed by atoms with Crippen LogP contribution in [-0.4, -0.2) is 30.4 Å². The summed E-state index contributed by atoms with van der Waals surface area (Å²) in [7, 11) is -1.79. The van der Waals surface area contributed by atoms with Crippen LogP contribution in [0.2, 0.25) is 0 Å². The fourth-order valence-corrected chi connectivity index (χ4v) is 2.61. The number of benzene rings is 1. The van der Waals surface area contributed by atoms with Crippen LogP contribution in [0.1, 0.15) is 29.0 Å². The maximum Gasteiger partial charge on any atom is 0.272 e. The molecule has 2 aromatic rings. The molecule has 0 spiro atoms. The van der Waals surface area contributed by atoms with Gasteiger partial charge in [0.05, 0.1) is 10.9 Å². The van der Waals surface area contributed by atoms with Gasteiger partial charge < -0.3 is 5.32 Å². The summed E-state index contributed by atoms with van der Waals surface area (Å²) in [5.74, 6) is -0.416. The average molecular weight is 335 g/mol. The van der Waals surface area contributed by atoms with Crippen LogP contribution in [0.4, 0.5) is 0 Å². The molecular weight excluding hydrogens is 318 g/mol. The van der Waals surface area contributed by atoms with Gasteiger partial charge in [-0.15, -0.1) is 0 Å². The van der Waals surface area contributed by atoms with Crippen LogP contribution in [0.5, 0.6) is 0 Å². The highest BCUT2D eigenvalue weighted by Gasteiger charge is 2.14. The second kappa shape index (κ2) is 6.33. The van der Waals surface area contributed by atoms with Crippen molar-refractivity contribution in [2.75, 3.05) is 6.26 Å². The first kappa shape index (κ1) is 16.9. The Morgan fingerprint density at radius 1 is 1.17 bits per heavy atom. The summed E-state index contributed by atoms with van der Waals surface area (Å²) in [4.78, 5) is 23.6. The molecule has 1 N–H and O–H groups in total. The number of aryl methyl sites for hydroxylation is 1. The second-order valence-electron chi connectivity index (χ2n) is 5.22. The van der Waals surface area contributed by atoms with Crippen LogP contribution in [0, 0.1) is 0 Å². The Kier molecular flexibility index (Phi) is 4.65. The zero-order chi connectivity index (χ0) is 17.2. The standard InChI is InChI=1S/C15H17N3O4S/c1-10(11-4-6-12(7-5-11)23(3,21)22)16-15(20)13-8-9-14(19)18(2)17-13/h4-10H,1-3H3,(H,16,20)/t10-/m1/s1. The highest BCUT2D eigenvalue weighted by molar-refractivity contribution is 7.90. The molecule has 1 atom stereocenters. The molecule has 0 radical (unpaired) electrons. The molecule has 8 heteroatoms. The van der Waals surface area contributed by atoms with Gasteiger partial charge in [0.1, 0.15) is 5.69 Å². The van der Waals surface area contributed by atoms with Crippen molar-refractivity contribution in [2.24, 2.45) is 7.05 Å². The third kappa shape index (κ3) is 4.04. The fraction of sp³-hybridized carbons (Fsp3) is 0.267. The highest BCUT2D eigenvalue weighted by atomic mass is 32.2. The van der Waals surface area contributed by atoms with Crippen molar-refractivity contribution in [3.8, 4) is 0 Å². The average Bonchev–Trinajstić information content (AvgIpc) is 2.49. The topological polar surface area (TPSA) is 98.1 Å². The lowest BCUT2D eigenvalue weighted by Crippen LogP contribution is -2.30. The van der Waals surface area contributed by atoms with Crippen LogP contribution in [0.15, 0.2) is 46.1 Å². The van der Waals surface area contributed by atoms with Crippen molar-refractivity contribution in [1.82, 2.24) is 15.1 Å². The number of aromatic nitrogens is 2. The fourth-order valence-electron chi connectivity index (χ4n) is 1.98. The first-order valence-corrected chi connectivity index (χ1v) is 8.73. The van der Waals surface area contributed by atoms with E-state index in [2.05, 4.69) is 10.4 Å². The van der Waals surface area contributed by atoms with Crippen molar-refractivity contribution < 1.29 is 13.2 Å². The van der Waals surface area contributed by atoms with E-state index in [0.29, 0.717) is 0 Å². The minimum absolute atomic E-state index is 0.131. The third-order valence-corrected chi connectivity index (χ3v) is 4.48. The van der Waals surface area contributed by atoms with E-state index in [1.165, 1.54) is 31.3 Å². The van der Waals surface area contributed by atoms with Crippen LogP contribution in [0.3, 0.4) is 0 Å². The molecule has 0 saturated heterocycles. The lowest BCUT2D eigenvalue weighted by Gasteiger charge is -2.14. The molecule has 1 heterocycles. The molecule has 1 aromatic carbocycles. The molecule has 0 unspecified atom stereocenters. The van der Waals surface area contributed by atoms with Gasteiger partial charge in [-0.3, -0.25) is 9.59 Å². The Labute approximate surface area is 133 Å². The number of amides is 1. The number of rotatable bonds is 4. The summed E-state index contributed by atoms with van der Waals surface area (Å²) in [6, 6.07) is 8.58. The maximum atomic E-state index is 12.1. The molecule has 0 bridgehead atoms. The van der Waals surface area contributed by atoms with E-state index in [-0.39, 0.29) is 22.2 Å². The Morgan fingerprint density at radius 3 is 2.30 bits per heavy atom. The number of sulfone groups is 1. The Hall–Kier alpha value is -2.48. The first-order valence-electron chi connectivity index (χ1n) is 6.84. The summed E-state index contributed by atoms with van der Waals surface area (Å²) in [6.45, 7) is 1.77. The van der Waals surface area contributed by atoms with E-state index < -0.39 is 15.7 Å². The van der Waals surface area contributed by atoms with Crippen LogP contribution < -0.4 is 10.9 Å². The SMILES string of the molecule is C[C@@H](NC(=O)c1ccc(=O)n(C)n1)c1ccc(S(C)(=O)=O)cc1. The minimum Gasteiger partial charge on any atom is -0.344 e. The van der Waals surface area contributed by atoms with Gasteiger partial charge in [-0.2, -0.15) is 5.10 Å². The van der Waals surface area contributed by atoms with E-state index in [1.807, 2.05) is 0 Å². The summed E-state index contributed by atoms with van der Waals surface area (Å²) in [5.41, 5.74) is 0.591. The Bertz CT molecular complexity index is 886. The summed E-state index contributed by atoms with van der Waals surface area (Å²) in [6.07, 6.45) is 1.14. The van der Waals surface area contributed by atoms with E-state index in [9.17, 15) is 18.0 Å². The number of carbonyl (C=O) groups is 1. The molecular formula is C15H17N3O4S. The summed E-state index contributed by atoms with van der Waals surface area (Å²) >= 11 is 0. The van der Waals surface area contributed by atoms with Gasteiger partial charge in [0.15, 0.2) is 9.84 Å². The van der Waals surface area contributed by atoms with Gasteiger partial charge in [-0.25, -0.2) is 13.1 Å². The van der Waals surface area contributed by atoms with E-state index >= 15 is 0 Å². The molecule has 1 amide bonds. The normalized spacial score (nSPS) is 12.7. The number of nitrogens with one attached hydrogen (secondary N) is 1. The lowest BCUT2D eigenvalue weighted by atomic mass is 10.1. The first-order chi connectivity index (χ1) is 10.7. The van der Waals surface area contributed by atoms with Crippen molar-refractivity contribution in [3.05, 3.63) is 58.0 Å². The minimum atomic E-state index is -3.25. The number of nitrogens with zero attached hydrogens (tertiary/aromatic N) is 2. The van der Waals surface area contributed by atoms with Gasteiger partial charge in [0.2, 0.25) is 0 Å². The van der Waals surface area contributed by atoms with E-state index in [1.54, 1.807) is 19.1 Å². The number of hydrogen-bond acceptors (Lipinski definition) is 5. The highest BCUT2D eigenvalue weighted by Crippen LogP contribution is 2.16. The second-order valence-corrected chi connectivity index (χ2v) is 7.23. The molecule has 122 valence electrons. The largest absolute Gasteiger partial charge is 0.344 e. The Balaban J connectivity index is 2.14. The van der Waals surface area contributed by atoms with Gasteiger partial charge in [-0.05, 0) is 30.7 Å². The lowest BCUT2D eigenvalue weighted by molar-refractivity contribution is 0.0932. The monoisotopic (exact) mass is 335 g/mol. The molecule has 0 saturated carbocycles. The molecule has 0 fully saturated rings. The van der Waals surface area contributed by atoms with Crippen LogP contribution in [0.25, 0.3) is 0 Å². The predicted octanol–water partition coefficient (Wildman–Crippen LogP) is 0.675. The molecule has 7 nitrogen and oxygen atoms in total. The van der Waals surface area contributed by atoms with Crippen molar-refractivity contribution in [1.29, 1.82) is 0 Å². The molecule has 2 rings (SSSR count). The van der Waals surface area contributed by atoms with Crippen molar-refractivity contribution in [2.45, 2.75) is 17.9 Å². The third-order valence-electron chi connectivity index (χ3n) is 3.35. The van der Waals surface area contributed by atoms with Crippen molar-refractivity contribution >= 4 is 15.7 Å². The van der Waals surface area contributed by atoms with Crippen molar-refractivity contribution in [3.63, 3.8) is 0 Å². The molecule has 1 aromatic heterocycles. The predicted molar refractivity (Wildman–Crippen MR) is 84.9 cm³/mol. The quantitative estimate of drug-likeness (QED) is 0.886. The van der Waals surface area contributed by atoms with Gasteiger partial charge in [0.25, 0.3) is 11.5 Å².